The van der Waals surface area contributed by atoms with Crippen molar-refractivity contribution in [3.8, 4) is 0 Å². The first-order chi connectivity index (χ1) is 17.5. The standard InChI is InChI=1S/C28H40N4O5/c1-16(2)25(33)32-11-9-28(10-12-32,27(36)31-19-7-5-6-8-19)15-37-21-14-17(3)13-20-23(21)24(29)22(26(34)35)18(4)30-20/h14,16-17,19H,5-13,15H2,1-4H3,(H2,29,30)(H,31,36)(H,34,35). The summed E-state index contributed by atoms with van der Waals surface area (Å²) in [5, 5.41) is 13.0. The van der Waals surface area contributed by atoms with Gasteiger partial charge in [-0.3, -0.25) is 14.6 Å². The third-order valence-electron chi connectivity index (χ3n) is 8.11. The fraction of sp³-hybridized carbons (Fsp3) is 0.643. The van der Waals surface area contributed by atoms with Crippen LogP contribution >= 0.6 is 0 Å². The first kappa shape index (κ1) is 26.9. The Morgan fingerprint density at radius 3 is 2.49 bits per heavy atom. The highest BCUT2D eigenvalue weighted by molar-refractivity contribution is 5.98. The van der Waals surface area contributed by atoms with E-state index in [2.05, 4.69) is 10.3 Å². The number of hydrogen-bond donors (Lipinski definition) is 3. The molecule has 1 atom stereocenters. The molecule has 2 fully saturated rings. The molecule has 1 aromatic rings. The van der Waals surface area contributed by atoms with Crippen LogP contribution in [-0.4, -0.2) is 58.5 Å². The van der Waals surface area contributed by atoms with Crippen LogP contribution in [-0.2, 0) is 20.7 Å². The van der Waals surface area contributed by atoms with Crippen molar-refractivity contribution in [2.45, 2.75) is 78.7 Å². The van der Waals surface area contributed by atoms with Gasteiger partial charge in [-0.2, -0.15) is 0 Å². The second kappa shape index (κ2) is 10.7. The number of allylic oxidation sites excluding steroid dienone is 1. The molecule has 0 spiro atoms. The van der Waals surface area contributed by atoms with Gasteiger partial charge in [-0.15, -0.1) is 0 Å². The number of piperidine rings is 1. The lowest BCUT2D eigenvalue weighted by Crippen LogP contribution is -2.54. The van der Waals surface area contributed by atoms with E-state index < -0.39 is 11.4 Å². The summed E-state index contributed by atoms with van der Waals surface area (Å²) >= 11 is 0. The SMILES string of the molecule is Cc1nc2c(c(N)c1C(=O)O)C(OCC1(C(=O)NC3CCCC3)CCN(C(=O)C(C)C)CC1)=CC(C)C2. The maximum absolute atomic E-state index is 13.7. The van der Waals surface area contributed by atoms with E-state index in [1.165, 1.54) is 0 Å². The largest absolute Gasteiger partial charge is 0.492 e. The van der Waals surface area contributed by atoms with Gasteiger partial charge in [0.05, 0.1) is 28.1 Å². The van der Waals surface area contributed by atoms with Gasteiger partial charge in [-0.1, -0.05) is 33.6 Å². The Kier molecular flexibility index (Phi) is 7.80. The van der Waals surface area contributed by atoms with Gasteiger partial charge < -0.3 is 25.8 Å². The monoisotopic (exact) mass is 512 g/mol. The van der Waals surface area contributed by atoms with Gasteiger partial charge in [0.1, 0.15) is 17.9 Å². The summed E-state index contributed by atoms with van der Waals surface area (Å²) in [7, 11) is 0. The molecule has 3 aliphatic rings. The summed E-state index contributed by atoms with van der Waals surface area (Å²) < 4.78 is 6.39. The van der Waals surface area contributed by atoms with Crippen molar-refractivity contribution in [3.05, 3.63) is 28.6 Å². The fourth-order valence-corrected chi connectivity index (χ4v) is 5.89. The fourth-order valence-electron chi connectivity index (χ4n) is 5.89. The number of fused-ring (bicyclic) bond motifs is 1. The molecule has 9 nitrogen and oxygen atoms in total. The normalized spacial score (nSPS) is 21.4. The summed E-state index contributed by atoms with van der Waals surface area (Å²) in [6.45, 7) is 8.59. The molecule has 0 bridgehead atoms. The van der Waals surface area contributed by atoms with E-state index in [-0.39, 0.29) is 47.5 Å². The van der Waals surface area contributed by atoms with Crippen LogP contribution in [0.2, 0.25) is 0 Å². The lowest BCUT2D eigenvalue weighted by Gasteiger charge is -2.41. The molecular formula is C28H40N4O5. The lowest BCUT2D eigenvalue weighted by atomic mass is 9.77. The Bertz CT molecular complexity index is 1100. The van der Waals surface area contributed by atoms with Crippen molar-refractivity contribution in [2.75, 3.05) is 25.4 Å². The lowest BCUT2D eigenvalue weighted by molar-refractivity contribution is -0.144. The number of aromatic carboxylic acids is 1. The second-order valence-corrected chi connectivity index (χ2v) is 11.3. The topological polar surface area (TPSA) is 135 Å². The van der Waals surface area contributed by atoms with Crippen LogP contribution in [0.1, 0.15) is 86.6 Å². The predicted octanol–water partition coefficient (Wildman–Crippen LogP) is 3.54. The number of nitrogens with two attached hydrogens (primary N) is 1. The highest BCUT2D eigenvalue weighted by Gasteiger charge is 2.44. The summed E-state index contributed by atoms with van der Waals surface area (Å²) in [5.74, 6) is -0.546. The Hall–Kier alpha value is -3.10. The van der Waals surface area contributed by atoms with Crippen molar-refractivity contribution in [1.82, 2.24) is 15.2 Å². The molecule has 2 amide bonds. The van der Waals surface area contributed by atoms with E-state index in [0.717, 1.165) is 25.7 Å². The molecule has 0 radical (unpaired) electrons. The summed E-state index contributed by atoms with van der Waals surface area (Å²) in [6.07, 6.45) is 7.78. The van der Waals surface area contributed by atoms with Crippen molar-refractivity contribution < 1.29 is 24.2 Å². The maximum atomic E-state index is 13.7. The number of hydrogen-bond acceptors (Lipinski definition) is 6. The summed E-state index contributed by atoms with van der Waals surface area (Å²) in [6, 6.07) is 0.176. The van der Waals surface area contributed by atoms with Crippen molar-refractivity contribution in [1.29, 1.82) is 0 Å². The van der Waals surface area contributed by atoms with Gasteiger partial charge >= 0.3 is 5.97 Å². The van der Waals surface area contributed by atoms with Crippen LogP contribution in [0.25, 0.3) is 5.76 Å². The van der Waals surface area contributed by atoms with Crippen molar-refractivity contribution in [3.63, 3.8) is 0 Å². The molecule has 2 heterocycles. The number of pyridine rings is 1. The molecule has 9 heteroatoms. The number of nitrogen functional groups attached to an aromatic ring is 1. The molecule has 1 aliphatic heterocycles. The van der Waals surface area contributed by atoms with Gasteiger partial charge in [-0.05, 0) is 51.0 Å². The zero-order valence-corrected chi connectivity index (χ0v) is 22.4. The van der Waals surface area contributed by atoms with Crippen LogP contribution in [0.15, 0.2) is 6.08 Å². The first-order valence-electron chi connectivity index (χ1n) is 13.5. The number of ether oxygens (including phenoxy) is 1. The highest BCUT2D eigenvalue weighted by atomic mass is 16.5. The minimum Gasteiger partial charge on any atom is -0.492 e. The van der Waals surface area contributed by atoms with Crippen LogP contribution in [0.3, 0.4) is 0 Å². The average molecular weight is 513 g/mol. The van der Waals surface area contributed by atoms with Gasteiger partial charge in [-0.25, -0.2) is 4.79 Å². The van der Waals surface area contributed by atoms with Crippen LogP contribution in [0.5, 0.6) is 0 Å². The van der Waals surface area contributed by atoms with Gasteiger partial charge in [0, 0.05) is 25.0 Å². The van der Waals surface area contributed by atoms with Gasteiger partial charge in [0.15, 0.2) is 0 Å². The molecule has 1 saturated carbocycles. The Balaban J connectivity index is 1.60. The molecule has 37 heavy (non-hydrogen) atoms. The summed E-state index contributed by atoms with van der Waals surface area (Å²) in [5.41, 5.74) is 7.32. The molecule has 202 valence electrons. The Morgan fingerprint density at radius 2 is 1.89 bits per heavy atom. The number of anilines is 1. The van der Waals surface area contributed by atoms with Gasteiger partial charge in [0.25, 0.3) is 0 Å². The van der Waals surface area contributed by atoms with Crippen LogP contribution < -0.4 is 11.1 Å². The molecule has 1 saturated heterocycles. The molecule has 0 aromatic carbocycles. The van der Waals surface area contributed by atoms with Crippen LogP contribution in [0.4, 0.5) is 5.69 Å². The maximum Gasteiger partial charge on any atom is 0.339 e. The number of carbonyl (C=O) groups excluding carboxylic acids is 2. The third-order valence-corrected chi connectivity index (χ3v) is 8.11. The number of amides is 2. The van der Waals surface area contributed by atoms with Crippen molar-refractivity contribution >= 4 is 29.2 Å². The predicted molar refractivity (Wildman–Crippen MR) is 141 cm³/mol. The number of carboxylic acid groups (broad SMARTS) is 1. The Morgan fingerprint density at radius 1 is 1.24 bits per heavy atom. The van der Waals surface area contributed by atoms with E-state index in [1.807, 2.05) is 31.7 Å². The minimum atomic E-state index is -1.13. The van der Waals surface area contributed by atoms with E-state index in [4.69, 9.17) is 10.5 Å². The minimum absolute atomic E-state index is 0.0167. The Labute approximate surface area is 218 Å². The quantitative estimate of drug-likeness (QED) is 0.508. The molecule has 1 unspecified atom stereocenters. The summed E-state index contributed by atoms with van der Waals surface area (Å²) in [4.78, 5) is 44.6. The number of rotatable bonds is 7. The number of nitrogens with zero attached hydrogens (tertiary/aromatic N) is 2. The van der Waals surface area contributed by atoms with E-state index in [9.17, 15) is 19.5 Å². The van der Waals surface area contributed by atoms with E-state index >= 15 is 0 Å². The van der Waals surface area contributed by atoms with E-state index in [1.54, 1.807) is 6.92 Å². The second-order valence-electron chi connectivity index (χ2n) is 11.3. The number of aryl methyl sites for hydroxylation is 1. The number of carbonyl (C=O) groups is 3. The van der Waals surface area contributed by atoms with Crippen LogP contribution in [0, 0.1) is 24.2 Å². The number of likely N-dealkylation sites (tertiary alicyclic amines) is 1. The third kappa shape index (κ3) is 5.45. The zero-order chi connectivity index (χ0) is 26.9. The molecular weight excluding hydrogens is 472 g/mol. The molecule has 1 aromatic heterocycles. The molecule has 4 rings (SSSR count). The van der Waals surface area contributed by atoms with E-state index in [0.29, 0.717) is 55.1 Å². The average Bonchev–Trinajstić information content (AvgIpc) is 3.34. The number of nitrogens with one attached hydrogen (secondary N) is 1. The number of carboxylic acids is 1. The smallest absolute Gasteiger partial charge is 0.339 e. The molecule has 4 N–H and O–H groups in total. The number of aromatic nitrogens is 1. The first-order valence-corrected chi connectivity index (χ1v) is 13.5. The highest BCUT2D eigenvalue weighted by Crippen LogP contribution is 2.39. The zero-order valence-electron chi connectivity index (χ0n) is 22.4. The van der Waals surface area contributed by atoms with Crippen molar-refractivity contribution in [2.24, 2.45) is 17.3 Å². The van der Waals surface area contributed by atoms with Gasteiger partial charge in [0.2, 0.25) is 11.8 Å². The molecule has 2 aliphatic carbocycles.